The topological polar surface area (TPSA) is 75.3 Å². The van der Waals surface area contributed by atoms with Crippen LogP contribution in [-0.4, -0.2) is 47.5 Å². The molecule has 214 valence electrons. The highest BCUT2D eigenvalue weighted by Crippen LogP contribution is 2.40. The minimum Gasteiger partial charge on any atom is -0.493 e. The number of carbonyl (C=O) groups excluding carboxylic acids is 1. The maximum atomic E-state index is 12.9. The maximum Gasteiger partial charge on any atom is 0.416 e. The van der Waals surface area contributed by atoms with Crippen LogP contribution < -0.4 is 29.0 Å². The van der Waals surface area contributed by atoms with Crippen molar-refractivity contribution in [1.29, 1.82) is 0 Å². The van der Waals surface area contributed by atoms with Gasteiger partial charge in [0, 0.05) is 23.5 Å². The van der Waals surface area contributed by atoms with Gasteiger partial charge < -0.3 is 29.0 Å². The van der Waals surface area contributed by atoms with Gasteiger partial charge in [0.05, 0.1) is 46.5 Å². The first-order valence-electron chi connectivity index (χ1n) is 12.2. The molecule has 2 aromatic rings. The third-order valence-corrected chi connectivity index (χ3v) is 6.44. The minimum atomic E-state index is -4.45. The normalized spacial score (nSPS) is 17.1. The van der Waals surface area contributed by atoms with E-state index in [0.29, 0.717) is 40.0 Å². The Labute approximate surface area is 231 Å². The predicted molar refractivity (Wildman–Crippen MR) is 148 cm³/mol. The zero-order valence-corrected chi connectivity index (χ0v) is 23.1. The van der Waals surface area contributed by atoms with Crippen LogP contribution in [0, 0.1) is 5.41 Å². The summed E-state index contributed by atoms with van der Waals surface area (Å²) in [7, 11) is 7.61. The number of nitrogens with one attached hydrogen (secondary N) is 1. The monoisotopic (exact) mass is 559 g/mol. The Bertz CT molecular complexity index is 1330. The van der Waals surface area contributed by atoms with E-state index in [-0.39, 0.29) is 12.2 Å². The molecule has 0 bridgehead atoms. The summed E-state index contributed by atoms with van der Waals surface area (Å²) in [6.45, 7) is 1.60. The summed E-state index contributed by atoms with van der Waals surface area (Å²) in [6, 6.07) is 7.06. The quantitative estimate of drug-likeness (QED) is 0.238. The number of anilines is 1. The molecule has 1 atom stereocenters. The number of hydrogen-bond acceptors (Lipinski definition) is 7. The van der Waals surface area contributed by atoms with E-state index >= 15 is 0 Å². The molecule has 3 rings (SSSR count). The van der Waals surface area contributed by atoms with Crippen LogP contribution in [0.5, 0.6) is 28.7 Å². The summed E-state index contributed by atoms with van der Waals surface area (Å²) in [5.74, 6) is 2.07. The summed E-state index contributed by atoms with van der Waals surface area (Å²) in [5, 5.41) is 3.08. The second-order valence-electron chi connectivity index (χ2n) is 9.04. The second kappa shape index (κ2) is 12.7. The molecule has 0 radical (unpaired) electrons. The highest BCUT2D eigenvalue weighted by atomic mass is 19.4. The fourth-order valence-corrected chi connectivity index (χ4v) is 4.06. The van der Waals surface area contributed by atoms with Gasteiger partial charge in [-0.1, -0.05) is 30.4 Å². The van der Waals surface area contributed by atoms with Gasteiger partial charge in [-0.05, 0) is 43.2 Å². The number of ketones is 1. The smallest absolute Gasteiger partial charge is 0.416 e. The lowest BCUT2D eigenvalue weighted by molar-refractivity contribution is -0.121. The molecule has 0 spiro atoms. The van der Waals surface area contributed by atoms with Gasteiger partial charge in [0.1, 0.15) is 0 Å². The van der Waals surface area contributed by atoms with Gasteiger partial charge in [-0.15, -0.1) is 0 Å². The van der Waals surface area contributed by atoms with Crippen LogP contribution in [0.2, 0.25) is 0 Å². The Hall–Kier alpha value is -4.34. The average Bonchev–Trinajstić information content (AvgIpc) is 2.94. The Morgan fingerprint density at radius 1 is 0.875 bits per heavy atom. The van der Waals surface area contributed by atoms with Gasteiger partial charge >= 0.3 is 6.18 Å². The number of ether oxygens (including phenoxy) is 5. The van der Waals surface area contributed by atoms with E-state index in [9.17, 15) is 18.0 Å². The summed E-state index contributed by atoms with van der Waals surface area (Å²) in [6.07, 6.45) is 5.20. The van der Waals surface area contributed by atoms with Crippen LogP contribution in [0.1, 0.15) is 24.5 Å². The van der Waals surface area contributed by atoms with Crippen molar-refractivity contribution in [3.63, 3.8) is 0 Å². The Morgan fingerprint density at radius 2 is 1.48 bits per heavy atom. The molecular weight excluding hydrogens is 527 g/mol. The van der Waals surface area contributed by atoms with Crippen molar-refractivity contribution in [2.75, 3.05) is 40.9 Å². The van der Waals surface area contributed by atoms with E-state index in [0.717, 1.165) is 17.7 Å². The first kappa shape index (κ1) is 30.2. The van der Waals surface area contributed by atoms with Gasteiger partial charge in [-0.25, -0.2) is 0 Å². The molecule has 0 amide bonds. The molecule has 0 saturated carbocycles. The molecule has 10 heteroatoms. The second-order valence-corrected chi connectivity index (χ2v) is 9.04. The standard InChI is InChI=1S/C30H32F3NO6/c1-29(12-9-21(10-13-29)30(31,32)33)27(35)11-14-34-22-18-24(37-3)23(36-2)17-20(22)8-7-19-15-25(38-4)28(40-6)26(16-19)39-5/h7-12,14-18,34H,13H2,1-6H3/b8-7-,14-11-. The summed E-state index contributed by atoms with van der Waals surface area (Å²) in [4.78, 5) is 12.9. The van der Waals surface area contributed by atoms with Gasteiger partial charge in [-0.3, -0.25) is 4.79 Å². The third-order valence-electron chi connectivity index (χ3n) is 6.44. The van der Waals surface area contributed by atoms with Crippen LogP contribution in [0.15, 0.2) is 60.3 Å². The van der Waals surface area contributed by atoms with Gasteiger partial charge in [0.15, 0.2) is 28.8 Å². The molecule has 1 N–H and O–H groups in total. The molecule has 0 aromatic heterocycles. The van der Waals surface area contributed by atoms with Crippen LogP contribution in [-0.2, 0) is 4.79 Å². The van der Waals surface area contributed by atoms with Crippen molar-refractivity contribution in [2.24, 2.45) is 5.41 Å². The summed E-state index contributed by atoms with van der Waals surface area (Å²) in [5.41, 5.74) is 0.219. The van der Waals surface area contributed by atoms with Crippen molar-refractivity contribution in [3.8, 4) is 28.7 Å². The summed E-state index contributed by atoms with van der Waals surface area (Å²) < 4.78 is 65.9. The average molecular weight is 560 g/mol. The van der Waals surface area contributed by atoms with E-state index in [1.807, 2.05) is 12.2 Å². The van der Waals surface area contributed by atoms with E-state index < -0.39 is 17.2 Å². The van der Waals surface area contributed by atoms with Crippen molar-refractivity contribution < 1.29 is 41.7 Å². The zero-order chi connectivity index (χ0) is 29.5. The lowest BCUT2D eigenvalue weighted by Gasteiger charge is -2.25. The molecule has 7 nitrogen and oxygen atoms in total. The van der Waals surface area contributed by atoms with E-state index in [1.54, 1.807) is 31.2 Å². The van der Waals surface area contributed by atoms with Crippen molar-refractivity contribution >= 4 is 23.6 Å². The minimum absolute atomic E-state index is 0.0549. The number of halogens is 3. The Morgan fingerprint density at radius 3 is 1.98 bits per heavy atom. The van der Waals surface area contributed by atoms with Crippen LogP contribution in [0.3, 0.4) is 0 Å². The predicted octanol–water partition coefficient (Wildman–Crippen LogP) is 6.85. The molecule has 1 unspecified atom stereocenters. The lowest BCUT2D eigenvalue weighted by atomic mass is 9.78. The van der Waals surface area contributed by atoms with Gasteiger partial charge in [-0.2, -0.15) is 13.2 Å². The molecule has 2 aromatic carbocycles. The number of alkyl halides is 3. The van der Waals surface area contributed by atoms with Crippen LogP contribution in [0.25, 0.3) is 12.2 Å². The molecule has 1 aliphatic rings. The lowest BCUT2D eigenvalue weighted by Crippen LogP contribution is -2.26. The summed E-state index contributed by atoms with van der Waals surface area (Å²) >= 11 is 0. The van der Waals surface area contributed by atoms with Crippen molar-refractivity contribution in [1.82, 2.24) is 0 Å². The van der Waals surface area contributed by atoms with Gasteiger partial charge in [0.2, 0.25) is 5.75 Å². The Kier molecular flexibility index (Phi) is 9.57. The van der Waals surface area contributed by atoms with Crippen LogP contribution in [0.4, 0.5) is 18.9 Å². The van der Waals surface area contributed by atoms with Crippen molar-refractivity contribution in [2.45, 2.75) is 19.5 Å². The molecule has 0 saturated heterocycles. The third kappa shape index (κ3) is 6.80. The fraction of sp³-hybridized carbons (Fsp3) is 0.300. The molecule has 40 heavy (non-hydrogen) atoms. The van der Waals surface area contributed by atoms with E-state index in [2.05, 4.69) is 5.32 Å². The molecule has 0 aliphatic heterocycles. The number of carbonyl (C=O) groups is 1. The highest BCUT2D eigenvalue weighted by molar-refractivity contribution is 5.96. The SMILES string of the molecule is COc1cc(/C=C\c2cc(OC)c(OC)c(OC)c2)c(N/C=C\C(=O)C2(C)C=CC(C(F)(F)F)=CC2)cc1OC. The first-order valence-corrected chi connectivity index (χ1v) is 12.2. The molecule has 1 aliphatic carbocycles. The highest BCUT2D eigenvalue weighted by Gasteiger charge is 2.37. The van der Waals surface area contributed by atoms with E-state index in [4.69, 9.17) is 23.7 Å². The fourth-order valence-electron chi connectivity index (χ4n) is 4.06. The number of methoxy groups -OCH3 is 5. The molecule has 0 fully saturated rings. The largest absolute Gasteiger partial charge is 0.493 e. The molecule has 0 heterocycles. The zero-order valence-electron chi connectivity index (χ0n) is 23.1. The first-order chi connectivity index (χ1) is 19.0. The Balaban J connectivity index is 1.89. The van der Waals surface area contributed by atoms with Crippen molar-refractivity contribution in [3.05, 3.63) is 71.5 Å². The number of allylic oxidation sites excluding steroid dienone is 5. The van der Waals surface area contributed by atoms with E-state index in [1.165, 1.54) is 53.9 Å². The molecular formula is C30H32F3NO6. The number of rotatable bonds is 11. The number of hydrogen-bond donors (Lipinski definition) is 1. The number of benzene rings is 2. The maximum absolute atomic E-state index is 12.9. The van der Waals surface area contributed by atoms with Crippen LogP contribution >= 0.6 is 0 Å². The van der Waals surface area contributed by atoms with Gasteiger partial charge in [0.25, 0.3) is 0 Å².